The minimum atomic E-state index is -0.477. The van der Waals surface area contributed by atoms with Gasteiger partial charge in [0.2, 0.25) is 5.28 Å². The molecule has 1 saturated heterocycles. The molecule has 0 spiro atoms. The van der Waals surface area contributed by atoms with Crippen LogP contribution in [0.5, 0.6) is 0 Å². The molecule has 0 saturated carbocycles. The second kappa shape index (κ2) is 7.45. The van der Waals surface area contributed by atoms with Gasteiger partial charge < -0.3 is 14.5 Å². The number of hydrogen-bond acceptors (Lipinski definition) is 6. The lowest BCUT2D eigenvalue weighted by atomic mass is 10.2. The fraction of sp³-hybridized carbons (Fsp3) is 0.444. The van der Waals surface area contributed by atoms with Crippen molar-refractivity contribution >= 4 is 23.5 Å². The summed E-state index contributed by atoms with van der Waals surface area (Å²) < 4.78 is 5.42. The van der Waals surface area contributed by atoms with E-state index in [4.69, 9.17) is 16.3 Å². The molecule has 3 heterocycles. The summed E-state index contributed by atoms with van der Waals surface area (Å²) in [6.07, 6.45) is 3.13. The van der Waals surface area contributed by atoms with Crippen LogP contribution in [0.1, 0.15) is 20.8 Å². The van der Waals surface area contributed by atoms with Gasteiger partial charge in [0, 0.05) is 44.1 Å². The lowest BCUT2D eigenvalue weighted by Crippen LogP contribution is -2.50. The van der Waals surface area contributed by atoms with Gasteiger partial charge in [0.05, 0.1) is 5.69 Å². The molecule has 2 aromatic rings. The summed E-state index contributed by atoms with van der Waals surface area (Å²) in [4.78, 5) is 28.6. The Kier molecular flexibility index (Phi) is 5.27. The van der Waals surface area contributed by atoms with Crippen LogP contribution in [0, 0.1) is 0 Å². The highest BCUT2D eigenvalue weighted by Crippen LogP contribution is 2.21. The van der Waals surface area contributed by atoms with Gasteiger partial charge >= 0.3 is 6.09 Å². The molecule has 0 bridgehead atoms. The zero-order valence-electron chi connectivity index (χ0n) is 15.1. The summed E-state index contributed by atoms with van der Waals surface area (Å²) >= 11 is 5.83. The number of amides is 1. The molecule has 0 N–H and O–H groups in total. The highest BCUT2D eigenvalue weighted by atomic mass is 35.5. The van der Waals surface area contributed by atoms with Gasteiger partial charge in [0.15, 0.2) is 0 Å². The van der Waals surface area contributed by atoms with Crippen molar-refractivity contribution in [3.63, 3.8) is 0 Å². The molecule has 1 aliphatic heterocycles. The van der Waals surface area contributed by atoms with Crippen molar-refractivity contribution in [2.45, 2.75) is 26.4 Å². The maximum atomic E-state index is 12.1. The number of hydrogen-bond donors (Lipinski definition) is 0. The third-order valence-corrected chi connectivity index (χ3v) is 4.11. The van der Waals surface area contributed by atoms with E-state index in [1.165, 1.54) is 0 Å². The molecule has 0 aliphatic carbocycles. The van der Waals surface area contributed by atoms with Gasteiger partial charge in [-0.25, -0.2) is 19.7 Å². The van der Waals surface area contributed by atoms with Crippen LogP contribution in [0.2, 0.25) is 5.28 Å². The van der Waals surface area contributed by atoms with Crippen molar-refractivity contribution in [3.8, 4) is 11.3 Å². The Hall–Kier alpha value is -2.41. The zero-order chi connectivity index (χ0) is 18.7. The van der Waals surface area contributed by atoms with Crippen molar-refractivity contribution in [1.29, 1.82) is 0 Å². The molecule has 3 rings (SSSR count). The van der Waals surface area contributed by atoms with E-state index >= 15 is 0 Å². The largest absolute Gasteiger partial charge is 0.444 e. The molecule has 8 heteroatoms. The van der Waals surface area contributed by atoms with E-state index in [1.54, 1.807) is 23.4 Å². The van der Waals surface area contributed by atoms with E-state index in [2.05, 4.69) is 19.9 Å². The van der Waals surface area contributed by atoms with Crippen LogP contribution >= 0.6 is 11.6 Å². The lowest BCUT2D eigenvalue weighted by Gasteiger charge is -2.36. The Balaban J connectivity index is 1.60. The van der Waals surface area contributed by atoms with E-state index in [-0.39, 0.29) is 11.4 Å². The van der Waals surface area contributed by atoms with Crippen LogP contribution in [0.25, 0.3) is 11.3 Å². The van der Waals surface area contributed by atoms with Gasteiger partial charge in [-0.15, -0.1) is 0 Å². The van der Waals surface area contributed by atoms with E-state index in [9.17, 15) is 4.79 Å². The van der Waals surface area contributed by atoms with Crippen molar-refractivity contribution in [2.24, 2.45) is 0 Å². The quantitative estimate of drug-likeness (QED) is 0.750. The summed E-state index contributed by atoms with van der Waals surface area (Å²) in [6, 6.07) is 5.71. The molecule has 26 heavy (non-hydrogen) atoms. The molecule has 0 radical (unpaired) electrons. The van der Waals surface area contributed by atoms with E-state index in [1.807, 2.05) is 32.9 Å². The molecule has 138 valence electrons. The number of pyridine rings is 1. The van der Waals surface area contributed by atoms with E-state index in [0.717, 1.165) is 17.1 Å². The van der Waals surface area contributed by atoms with Crippen molar-refractivity contribution < 1.29 is 9.53 Å². The Morgan fingerprint density at radius 2 is 1.85 bits per heavy atom. The molecule has 1 aliphatic rings. The zero-order valence-corrected chi connectivity index (χ0v) is 15.9. The normalized spacial score (nSPS) is 15.1. The maximum Gasteiger partial charge on any atom is 0.410 e. The first-order chi connectivity index (χ1) is 12.3. The van der Waals surface area contributed by atoms with Crippen LogP contribution in [-0.4, -0.2) is 57.7 Å². The van der Waals surface area contributed by atoms with Gasteiger partial charge in [-0.1, -0.05) is 0 Å². The van der Waals surface area contributed by atoms with E-state index < -0.39 is 5.60 Å². The fourth-order valence-electron chi connectivity index (χ4n) is 2.66. The minimum Gasteiger partial charge on any atom is -0.444 e. The van der Waals surface area contributed by atoms with Crippen molar-refractivity contribution in [1.82, 2.24) is 19.9 Å². The van der Waals surface area contributed by atoms with E-state index in [0.29, 0.717) is 26.2 Å². The fourth-order valence-corrected chi connectivity index (χ4v) is 2.81. The van der Waals surface area contributed by atoms with Crippen molar-refractivity contribution in [3.05, 3.63) is 35.9 Å². The average Bonchev–Trinajstić information content (AvgIpc) is 2.61. The summed E-state index contributed by atoms with van der Waals surface area (Å²) in [5.74, 6) is 0.873. The number of aromatic nitrogens is 3. The van der Waals surface area contributed by atoms with Crippen LogP contribution in [0.15, 0.2) is 30.6 Å². The first kappa shape index (κ1) is 18.4. The molecular weight excluding hydrogens is 354 g/mol. The smallest absolute Gasteiger partial charge is 0.410 e. The Labute approximate surface area is 158 Å². The van der Waals surface area contributed by atoms with Crippen molar-refractivity contribution in [2.75, 3.05) is 31.1 Å². The maximum absolute atomic E-state index is 12.1. The van der Waals surface area contributed by atoms with Crippen LogP contribution in [-0.2, 0) is 4.74 Å². The molecular formula is C18H22ClN5O2. The number of carbonyl (C=O) groups excluding carboxylic acids is 1. The topological polar surface area (TPSA) is 71.5 Å². The second-order valence-electron chi connectivity index (χ2n) is 7.07. The third-order valence-electron chi connectivity index (χ3n) is 3.93. The number of halogens is 1. The number of ether oxygens (including phenoxy) is 1. The van der Waals surface area contributed by atoms with Gasteiger partial charge in [-0.3, -0.25) is 0 Å². The molecule has 1 amide bonds. The Morgan fingerprint density at radius 1 is 1.12 bits per heavy atom. The number of rotatable bonds is 2. The second-order valence-corrected chi connectivity index (χ2v) is 7.41. The molecule has 7 nitrogen and oxygen atoms in total. The Morgan fingerprint density at radius 3 is 2.42 bits per heavy atom. The summed E-state index contributed by atoms with van der Waals surface area (Å²) in [6.45, 7) is 8.27. The van der Waals surface area contributed by atoms with Crippen LogP contribution < -0.4 is 4.90 Å². The SMILES string of the molecule is CC(C)(C)OC(=O)N1CCN(c2ccc(-c3ccnc(Cl)n3)cn2)CC1. The molecule has 0 aromatic carbocycles. The molecule has 2 aromatic heterocycles. The number of carbonyl (C=O) groups is 1. The van der Waals surface area contributed by atoms with Gasteiger partial charge in [-0.2, -0.15) is 0 Å². The van der Waals surface area contributed by atoms with Crippen LogP contribution in [0.3, 0.4) is 0 Å². The summed E-state index contributed by atoms with van der Waals surface area (Å²) in [7, 11) is 0. The highest BCUT2D eigenvalue weighted by Gasteiger charge is 2.26. The molecule has 0 atom stereocenters. The minimum absolute atomic E-state index is 0.213. The number of piperazine rings is 1. The monoisotopic (exact) mass is 375 g/mol. The van der Waals surface area contributed by atoms with Gasteiger partial charge in [0.1, 0.15) is 11.4 Å². The first-order valence-electron chi connectivity index (χ1n) is 8.50. The standard InChI is InChI=1S/C18H22ClN5O2/c1-18(2,3)26-17(25)24-10-8-23(9-11-24)15-5-4-13(12-21-15)14-6-7-20-16(19)22-14/h4-7,12H,8-11H2,1-3H3. The lowest BCUT2D eigenvalue weighted by molar-refractivity contribution is 0.0240. The third kappa shape index (κ3) is 4.60. The van der Waals surface area contributed by atoms with Gasteiger partial charge in [0.25, 0.3) is 0 Å². The van der Waals surface area contributed by atoms with Crippen LogP contribution in [0.4, 0.5) is 10.6 Å². The van der Waals surface area contributed by atoms with Gasteiger partial charge in [-0.05, 0) is 50.6 Å². The predicted molar refractivity (Wildman–Crippen MR) is 100 cm³/mol. The number of nitrogens with zero attached hydrogens (tertiary/aromatic N) is 5. The number of anilines is 1. The molecule has 0 unspecified atom stereocenters. The Bertz CT molecular complexity index is 768. The predicted octanol–water partition coefficient (Wildman–Crippen LogP) is 3.25. The summed E-state index contributed by atoms with van der Waals surface area (Å²) in [5, 5.41) is 0.213. The highest BCUT2D eigenvalue weighted by molar-refractivity contribution is 6.28. The average molecular weight is 376 g/mol. The molecule has 1 fully saturated rings. The first-order valence-corrected chi connectivity index (χ1v) is 8.87. The summed E-state index contributed by atoms with van der Waals surface area (Å²) in [5.41, 5.74) is 1.14.